The molecule has 0 saturated heterocycles. The van der Waals surface area contributed by atoms with E-state index in [1.807, 2.05) is 12.4 Å². The van der Waals surface area contributed by atoms with Crippen molar-refractivity contribution in [3.05, 3.63) is 231 Å². The minimum Gasteiger partial charge on any atom is -0.309 e. The monoisotopic (exact) mass is 822 g/mol. The Morgan fingerprint density at radius 3 is 1.51 bits per heavy atom. The highest BCUT2D eigenvalue weighted by molar-refractivity contribution is 6.30. The molecule has 300 valence electrons. The Labute approximate surface area is 375 Å². The number of benzene rings is 12. The van der Waals surface area contributed by atoms with E-state index >= 15 is 0 Å². The van der Waals surface area contributed by atoms with E-state index in [0.717, 1.165) is 16.6 Å². The minimum absolute atomic E-state index is 1.14. The maximum Gasteiger partial charge on any atom is 0.0620 e. The molecule has 12 aromatic carbocycles. The van der Waals surface area contributed by atoms with Crippen LogP contribution in [-0.4, -0.2) is 9.55 Å². The van der Waals surface area contributed by atoms with Crippen LogP contribution >= 0.6 is 0 Å². The van der Waals surface area contributed by atoms with Crippen molar-refractivity contribution in [3.63, 3.8) is 0 Å². The lowest BCUT2D eigenvalue weighted by Crippen LogP contribution is -1.95. The largest absolute Gasteiger partial charge is 0.309 e. The minimum atomic E-state index is 1.14. The Morgan fingerprint density at radius 2 is 0.831 bits per heavy atom. The van der Waals surface area contributed by atoms with E-state index in [1.54, 1.807) is 0 Å². The predicted octanol–water partition coefficient (Wildman–Crippen LogP) is 17.2. The van der Waals surface area contributed by atoms with Crippen LogP contribution in [0.1, 0.15) is 0 Å². The Morgan fingerprint density at radius 1 is 0.308 bits per heavy atom. The average molecular weight is 823 g/mol. The Balaban J connectivity index is 1.03. The van der Waals surface area contributed by atoms with Gasteiger partial charge in [0.2, 0.25) is 0 Å². The first-order chi connectivity index (χ1) is 32.3. The van der Waals surface area contributed by atoms with Gasteiger partial charge in [-0.25, -0.2) is 0 Å². The van der Waals surface area contributed by atoms with E-state index in [4.69, 9.17) is 0 Å². The Kier molecular flexibility index (Phi) is 7.72. The molecule has 0 aliphatic carbocycles. The summed E-state index contributed by atoms with van der Waals surface area (Å²) in [5, 5.41) is 17.5. The zero-order chi connectivity index (χ0) is 42.6. The zero-order valence-electron chi connectivity index (χ0n) is 35.3. The first kappa shape index (κ1) is 35.9. The lowest BCUT2D eigenvalue weighted by molar-refractivity contribution is 1.18. The van der Waals surface area contributed by atoms with Crippen molar-refractivity contribution in [2.45, 2.75) is 0 Å². The van der Waals surface area contributed by atoms with E-state index in [-0.39, 0.29) is 0 Å². The fourth-order valence-corrected chi connectivity index (χ4v) is 11.2. The number of hydrogen-bond donors (Lipinski definition) is 0. The smallest absolute Gasteiger partial charge is 0.0620 e. The Bertz CT molecular complexity index is 4200. The molecule has 2 aromatic heterocycles. The lowest BCUT2D eigenvalue weighted by atomic mass is 9.83. The highest BCUT2D eigenvalue weighted by Crippen LogP contribution is 2.48. The van der Waals surface area contributed by atoms with Gasteiger partial charge in [-0.1, -0.05) is 188 Å². The van der Waals surface area contributed by atoms with Crippen molar-refractivity contribution in [3.8, 4) is 50.2 Å². The average Bonchev–Trinajstić information content (AvgIpc) is 3.72. The van der Waals surface area contributed by atoms with E-state index in [2.05, 4.69) is 228 Å². The third-order valence-electron chi connectivity index (χ3n) is 14.0. The molecule has 2 heteroatoms. The van der Waals surface area contributed by atoms with Gasteiger partial charge in [-0.15, -0.1) is 0 Å². The first-order valence-corrected chi connectivity index (χ1v) is 22.4. The highest BCUT2D eigenvalue weighted by atomic mass is 15.0. The third kappa shape index (κ3) is 5.26. The van der Waals surface area contributed by atoms with Crippen LogP contribution in [0.3, 0.4) is 0 Å². The standard InChI is InChI=1S/C63H38N2/c1-4-14-39(15-5-1)59-48-21-11-12-22-49(48)60(40-16-6-2-7-17-40)55-36-43(28-33-52(55)59)45-29-24-41-27-32-51-47(30-25-42-26-31-50(45)61(41)62(42)51)54-37-56-57-38-64-35-34-58(57)65(44-18-8-3-9-19-44)63(56)53-23-13-10-20-46(53)54/h1-38H. The van der Waals surface area contributed by atoms with E-state index in [9.17, 15) is 0 Å². The van der Waals surface area contributed by atoms with Crippen LogP contribution in [0.2, 0.25) is 0 Å². The molecule has 0 radical (unpaired) electrons. The topological polar surface area (TPSA) is 17.8 Å². The molecule has 0 aliphatic heterocycles. The van der Waals surface area contributed by atoms with Crippen LogP contribution in [0.15, 0.2) is 231 Å². The van der Waals surface area contributed by atoms with E-state index in [0.29, 0.717) is 0 Å². The van der Waals surface area contributed by atoms with E-state index < -0.39 is 0 Å². The second-order valence-corrected chi connectivity index (χ2v) is 17.4. The van der Waals surface area contributed by atoms with Crippen molar-refractivity contribution in [2.24, 2.45) is 0 Å². The summed E-state index contributed by atoms with van der Waals surface area (Å²) in [5.41, 5.74) is 13.4. The molecule has 0 aliphatic rings. The molecular formula is C63H38N2. The maximum absolute atomic E-state index is 4.65. The van der Waals surface area contributed by atoms with E-state index in [1.165, 1.54) is 120 Å². The molecule has 0 amide bonds. The van der Waals surface area contributed by atoms with Crippen molar-refractivity contribution in [1.82, 2.24) is 9.55 Å². The van der Waals surface area contributed by atoms with Gasteiger partial charge in [-0.2, -0.15) is 0 Å². The Hall–Kier alpha value is -8.59. The van der Waals surface area contributed by atoms with Gasteiger partial charge in [-0.05, 0) is 134 Å². The fraction of sp³-hybridized carbons (Fsp3) is 0. The van der Waals surface area contributed by atoms with Crippen molar-refractivity contribution < 1.29 is 0 Å². The van der Waals surface area contributed by atoms with Gasteiger partial charge < -0.3 is 4.57 Å². The number of aromatic nitrogens is 2. The van der Waals surface area contributed by atoms with Crippen LogP contribution in [-0.2, 0) is 0 Å². The quantitative estimate of drug-likeness (QED) is 0.125. The van der Waals surface area contributed by atoms with Gasteiger partial charge in [0, 0.05) is 34.2 Å². The molecule has 0 atom stereocenters. The number of fused-ring (bicyclic) bond motifs is 7. The molecule has 0 fully saturated rings. The second-order valence-electron chi connectivity index (χ2n) is 17.4. The molecule has 65 heavy (non-hydrogen) atoms. The fourth-order valence-electron chi connectivity index (χ4n) is 11.2. The predicted molar refractivity (Wildman–Crippen MR) is 277 cm³/mol. The van der Waals surface area contributed by atoms with Crippen LogP contribution in [0.5, 0.6) is 0 Å². The molecule has 2 heterocycles. The van der Waals surface area contributed by atoms with Crippen molar-refractivity contribution in [1.29, 1.82) is 0 Å². The first-order valence-electron chi connectivity index (χ1n) is 22.4. The molecule has 0 bridgehead atoms. The van der Waals surface area contributed by atoms with Gasteiger partial charge in [0.25, 0.3) is 0 Å². The number of pyridine rings is 1. The lowest BCUT2D eigenvalue weighted by Gasteiger charge is -2.20. The second kappa shape index (κ2) is 14.0. The summed E-state index contributed by atoms with van der Waals surface area (Å²) in [6.07, 6.45) is 3.94. The summed E-state index contributed by atoms with van der Waals surface area (Å²) in [5.74, 6) is 0. The number of para-hydroxylation sites is 1. The molecule has 0 unspecified atom stereocenters. The van der Waals surface area contributed by atoms with Crippen LogP contribution in [0.25, 0.3) is 137 Å². The maximum atomic E-state index is 4.65. The number of nitrogens with zero attached hydrogens (tertiary/aromatic N) is 2. The molecule has 14 aromatic rings. The summed E-state index contributed by atoms with van der Waals surface area (Å²) < 4.78 is 2.41. The molecule has 14 rings (SSSR count). The molecule has 0 N–H and O–H groups in total. The zero-order valence-corrected chi connectivity index (χ0v) is 35.3. The van der Waals surface area contributed by atoms with Crippen molar-refractivity contribution in [2.75, 3.05) is 0 Å². The van der Waals surface area contributed by atoms with Gasteiger partial charge >= 0.3 is 0 Å². The molecule has 0 spiro atoms. The summed E-state index contributed by atoms with van der Waals surface area (Å²) >= 11 is 0. The third-order valence-corrected chi connectivity index (χ3v) is 14.0. The summed E-state index contributed by atoms with van der Waals surface area (Å²) in [6.45, 7) is 0. The number of rotatable bonds is 5. The molecular weight excluding hydrogens is 785 g/mol. The summed E-state index contributed by atoms with van der Waals surface area (Å²) in [7, 11) is 0. The normalized spacial score (nSPS) is 12.0. The molecule has 2 nitrogen and oxygen atoms in total. The van der Waals surface area contributed by atoms with Crippen LogP contribution < -0.4 is 0 Å². The summed E-state index contributed by atoms with van der Waals surface area (Å²) in [6, 6.07) is 80.8. The van der Waals surface area contributed by atoms with Gasteiger partial charge in [0.15, 0.2) is 0 Å². The highest BCUT2D eigenvalue weighted by Gasteiger charge is 2.22. The summed E-state index contributed by atoms with van der Waals surface area (Å²) in [4.78, 5) is 4.65. The van der Waals surface area contributed by atoms with Gasteiger partial charge in [0.05, 0.1) is 11.0 Å². The van der Waals surface area contributed by atoms with Crippen LogP contribution in [0, 0.1) is 0 Å². The van der Waals surface area contributed by atoms with Crippen LogP contribution in [0.4, 0.5) is 0 Å². The van der Waals surface area contributed by atoms with Gasteiger partial charge in [-0.3, -0.25) is 4.98 Å². The SMILES string of the molecule is c1ccc(-c2c3ccccc3c(-c3ccccc3)c3cc(-c4ccc5ccc6c(-c7cc8c9cnccc9n(-c9ccccc9)c8c8ccccc78)ccc7ccc4c5c76)ccc23)cc1. The van der Waals surface area contributed by atoms with Gasteiger partial charge in [0.1, 0.15) is 0 Å². The van der Waals surface area contributed by atoms with Crippen molar-refractivity contribution >= 4 is 86.4 Å². The number of hydrogen-bond acceptors (Lipinski definition) is 1. The molecule has 0 saturated carbocycles.